The van der Waals surface area contributed by atoms with Crippen LogP contribution in [0.2, 0.25) is 0 Å². The Morgan fingerprint density at radius 2 is 1.61 bits per heavy atom. The third-order valence-electron chi connectivity index (χ3n) is 15.9. The van der Waals surface area contributed by atoms with Crippen molar-refractivity contribution < 1.29 is 51.4 Å². The summed E-state index contributed by atoms with van der Waals surface area (Å²) in [6.07, 6.45) is 5.97. The van der Waals surface area contributed by atoms with Crippen LogP contribution in [0.5, 0.6) is 0 Å². The number of rotatable bonds is 21. The Kier molecular flexibility index (Phi) is 18.5. The molecule has 6 atom stereocenters. The van der Waals surface area contributed by atoms with Gasteiger partial charge in [-0.2, -0.15) is 13.2 Å². The van der Waals surface area contributed by atoms with E-state index in [-0.39, 0.29) is 117 Å². The highest BCUT2D eigenvalue weighted by Gasteiger charge is 2.51. The molecule has 3 aromatic rings. The van der Waals surface area contributed by atoms with Crippen molar-refractivity contribution in [1.82, 2.24) is 41.0 Å². The molecule has 8 rings (SSSR count). The molecule has 0 radical (unpaired) electrons. The molecule has 4 N–H and O–H groups in total. The molecule has 2 saturated carbocycles. The van der Waals surface area contributed by atoms with Crippen molar-refractivity contribution in [2.75, 3.05) is 59.8 Å². The van der Waals surface area contributed by atoms with Crippen LogP contribution in [0.15, 0.2) is 59.5 Å². The SMILES string of the molecule is CC(C)[C@]1(C(=O)N2Cc3cc(C(F)(F)F)cnc3[C@H](NC(=O)C3CCC(NC(=O)CCOCCOCCOCCNC(=O)[C@H]4CC(=O)N(C)[C@@H]4c4cccnc4)CC3)C2)CC[C@@H](N[C@@H]2CCc3cc(Br)ccc32)C1. The summed E-state index contributed by atoms with van der Waals surface area (Å²) in [5.74, 6) is -1.73. The molecular formula is C54H70BrF3N8O8. The maximum atomic E-state index is 14.9. The minimum absolute atomic E-state index is 0.0278. The fraction of sp³-hybridized carbons (Fsp3) is 0.611. The Labute approximate surface area is 439 Å². The third-order valence-corrected chi connectivity index (χ3v) is 16.4. The van der Waals surface area contributed by atoms with Gasteiger partial charge in [-0.15, -0.1) is 0 Å². The number of carbonyl (C=O) groups is 5. The fourth-order valence-corrected chi connectivity index (χ4v) is 12.2. The van der Waals surface area contributed by atoms with E-state index >= 15 is 0 Å². The Hall–Kier alpha value is -5.02. The second kappa shape index (κ2) is 24.8. The minimum Gasteiger partial charge on any atom is -0.379 e. The predicted octanol–water partition coefficient (Wildman–Crippen LogP) is 6.68. The van der Waals surface area contributed by atoms with Gasteiger partial charge >= 0.3 is 6.18 Å². The maximum Gasteiger partial charge on any atom is 0.417 e. The molecule has 5 amide bonds. The van der Waals surface area contributed by atoms with E-state index in [1.54, 1.807) is 35.3 Å². The fourth-order valence-electron chi connectivity index (χ4n) is 11.8. The number of alkyl halides is 3. The van der Waals surface area contributed by atoms with Crippen LogP contribution in [0.3, 0.4) is 0 Å². The molecule has 16 nitrogen and oxygen atoms in total. The molecule has 5 aliphatic rings. The molecule has 402 valence electrons. The van der Waals surface area contributed by atoms with E-state index in [0.29, 0.717) is 70.6 Å². The van der Waals surface area contributed by atoms with Gasteiger partial charge in [0.05, 0.1) is 74.3 Å². The molecule has 0 bridgehead atoms. The number of hydrogen-bond donors (Lipinski definition) is 4. The lowest BCUT2D eigenvalue weighted by atomic mass is 9.73. The van der Waals surface area contributed by atoms with Crippen molar-refractivity contribution in [3.63, 3.8) is 0 Å². The molecule has 2 aromatic heterocycles. The number of likely N-dealkylation sites (tertiary alicyclic amines) is 1. The van der Waals surface area contributed by atoms with E-state index in [2.05, 4.69) is 65.4 Å². The van der Waals surface area contributed by atoms with Gasteiger partial charge in [0.15, 0.2) is 0 Å². The molecule has 0 unspecified atom stereocenters. The molecule has 1 aromatic carbocycles. The van der Waals surface area contributed by atoms with E-state index in [1.807, 2.05) is 19.9 Å². The summed E-state index contributed by atoms with van der Waals surface area (Å²) in [6.45, 7) is 6.18. The van der Waals surface area contributed by atoms with Crippen LogP contribution in [-0.2, 0) is 57.3 Å². The monoisotopic (exact) mass is 1090 g/mol. The van der Waals surface area contributed by atoms with E-state index in [4.69, 9.17) is 14.2 Å². The number of aryl methyl sites for hydroxylation is 1. The van der Waals surface area contributed by atoms with Crippen molar-refractivity contribution in [3.05, 3.63) is 93.0 Å². The van der Waals surface area contributed by atoms with Crippen molar-refractivity contribution >= 4 is 45.5 Å². The number of fused-ring (bicyclic) bond motifs is 2. The molecule has 2 aliphatic heterocycles. The van der Waals surface area contributed by atoms with Gasteiger partial charge in [-0.3, -0.25) is 33.9 Å². The molecule has 1 saturated heterocycles. The Balaban J connectivity index is 0.727. The Morgan fingerprint density at radius 3 is 2.32 bits per heavy atom. The normalized spacial score (nSPS) is 25.7. The number of pyridine rings is 2. The number of ether oxygens (including phenoxy) is 3. The summed E-state index contributed by atoms with van der Waals surface area (Å²) >= 11 is 3.58. The van der Waals surface area contributed by atoms with Gasteiger partial charge in [0.25, 0.3) is 0 Å². The van der Waals surface area contributed by atoms with E-state index in [0.717, 1.165) is 41.6 Å². The van der Waals surface area contributed by atoms with Crippen LogP contribution in [-0.4, -0.2) is 121 Å². The smallest absolute Gasteiger partial charge is 0.379 e. The summed E-state index contributed by atoms with van der Waals surface area (Å²) in [7, 11) is 1.70. The van der Waals surface area contributed by atoms with Crippen LogP contribution in [0.1, 0.15) is 130 Å². The first-order valence-corrected chi connectivity index (χ1v) is 27.0. The lowest BCUT2D eigenvalue weighted by Crippen LogP contribution is -2.52. The summed E-state index contributed by atoms with van der Waals surface area (Å²) < 4.78 is 59.8. The lowest BCUT2D eigenvalue weighted by Gasteiger charge is -2.42. The van der Waals surface area contributed by atoms with Crippen molar-refractivity contribution in [2.45, 2.75) is 127 Å². The molecule has 3 fully saturated rings. The first-order valence-electron chi connectivity index (χ1n) is 26.2. The summed E-state index contributed by atoms with van der Waals surface area (Å²) in [4.78, 5) is 78.5. The third kappa shape index (κ3) is 13.3. The van der Waals surface area contributed by atoms with E-state index < -0.39 is 29.1 Å². The quantitative estimate of drug-likeness (QED) is 0.0832. The van der Waals surface area contributed by atoms with Gasteiger partial charge in [0, 0.05) is 86.6 Å². The number of halogens is 4. The van der Waals surface area contributed by atoms with Crippen molar-refractivity contribution in [3.8, 4) is 0 Å². The average molecular weight is 1100 g/mol. The number of nitrogens with zero attached hydrogens (tertiary/aromatic N) is 4. The first kappa shape index (κ1) is 55.2. The molecular weight excluding hydrogens is 1030 g/mol. The number of carbonyl (C=O) groups excluding carboxylic acids is 5. The van der Waals surface area contributed by atoms with Crippen LogP contribution in [0.4, 0.5) is 13.2 Å². The van der Waals surface area contributed by atoms with Crippen LogP contribution in [0.25, 0.3) is 0 Å². The molecule has 4 heterocycles. The van der Waals surface area contributed by atoms with Gasteiger partial charge in [-0.1, -0.05) is 41.9 Å². The topological polar surface area (TPSA) is 193 Å². The Morgan fingerprint density at radius 1 is 0.865 bits per heavy atom. The zero-order chi connectivity index (χ0) is 52.6. The van der Waals surface area contributed by atoms with Gasteiger partial charge in [0.2, 0.25) is 29.5 Å². The van der Waals surface area contributed by atoms with E-state index in [9.17, 15) is 37.1 Å². The number of aromatic nitrogens is 2. The van der Waals surface area contributed by atoms with Crippen LogP contribution < -0.4 is 21.3 Å². The Bertz CT molecular complexity index is 2460. The van der Waals surface area contributed by atoms with Crippen LogP contribution >= 0.6 is 15.9 Å². The summed E-state index contributed by atoms with van der Waals surface area (Å²) in [6, 6.07) is 10.1. The standard InChI is InChI=1S/C54H70BrF3N8O8/c1-33(2)53(16-14-41(28-53)62-44-13-8-35-26-39(55)9-12-42(35)44)52(71)66-31-37-25-38(54(56,57)58)30-61-48(37)45(32-66)64-50(69)34-6-10-40(11-7-34)63-46(67)15-19-72-21-23-74-24-22-73-20-18-60-51(70)43-27-47(68)65(3)49(43)36-5-4-17-59-29-36/h4-5,9,12,17,25-26,29-30,33-34,40-41,43-45,49,62H,6-8,10-11,13-16,18-24,27-28,31-32H2,1-3H3,(H,60,70)(H,63,67)(H,64,69)/t34?,40?,41-,43+,44-,45-,49-,53+/m1/s1. The summed E-state index contributed by atoms with van der Waals surface area (Å²) in [5, 5.41) is 12.9. The number of benzene rings is 1. The second-order valence-electron chi connectivity index (χ2n) is 20.9. The van der Waals surface area contributed by atoms with Crippen molar-refractivity contribution in [1.29, 1.82) is 0 Å². The highest BCUT2D eigenvalue weighted by Crippen LogP contribution is 2.48. The molecule has 0 spiro atoms. The number of amides is 5. The molecule has 3 aliphatic carbocycles. The van der Waals surface area contributed by atoms with E-state index in [1.165, 1.54) is 11.1 Å². The average Bonchev–Trinajstić information content (AvgIpc) is 4.08. The predicted molar refractivity (Wildman–Crippen MR) is 271 cm³/mol. The number of nitrogens with one attached hydrogen (secondary N) is 4. The molecule has 20 heteroatoms. The second-order valence-corrected chi connectivity index (χ2v) is 21.8. The van der Waals surface area contributed by atoms with Crippen molar-refractivity contribution in [2.24, 2.45) is 23.2 Å². The van der Waals surface area contributed by atoms with Gasteiger partial charge in [-0.25, -0.2) is 0 Å². The largest absolute Gasteiger partial charge is 0.417 e. The van der Waals surface area contributed by atoms with Crippen LogP contribution in [0, 0.1) is 23.2 Å². The highest BCUT2D eigenvalue weighted by molar-refractivity contribution is 9.10. The van der Waals surface area contributed by atoms with Gasteiger partial charge in [-0.05, 0) is 110 Å². The minimum atomic E-state index is -4.63. The highest BCUT2D eigenvalue weighted by atomic mass is 79.9. The number of hydrogen-bond acceptors (Lipinski definition) is 11. The maximum absolute atomic E-state index is 14.9. The zero-order valence-corrected chi connectivity index (χ0v) is 44.1. The summed E-state index contributed by atoms with van der Waals surface area (Å²) in [5.41, 5.74) is 2.41. The molecule has 74 heavy (non-hydrogen) atoms. The van der Waals surface area contributed by atoms with Gasteiger partial charge in [0.1, 0.15) is 0 Å². The first-order chi connectivity index (χ1) is 35.5. The van der Waals surface area contributed by atoms with Gasteiger partial charge < -0.3 is 45.3 Å². The lowest BCUT2D eigenvalue weighted by molar-refractivity contribution is -0.147. The zero-order valence-electron chi connectivity index (χ0n) is 42.5.